The first-order chi connectivity index (χ1) is 14.1. The summed E-state index contributed by atoms with van der Waals surface area (Å²) >= 11 is 1.55. The number of hydrogen-bond donors (Lipinski definition) is 1. The highest BCUT2D eigenvalue weighted by atomic mass is 32.1. The number of fused-ring (bicyclic) bond motifs is 1. The van der Waals surface area contributed by atoms with Crippen LogP contribution in [0.3, 0.4) is 0 Å². The van der Waals surface area contributed by atoms with Crippen molar-refractivity contribution in [1.29, 1.82) is 0 Å². The lowest BCUT2D eigenvalue weighted by atomic mass is 10.1. The van der Waals surface area contributed by atoms with Crippen LogP contribution in [0.4, 0.5) is 0 Å². The van der Waals surface area contributed by atoms with E-state index in [1.165, 1.54) is 0 Å². The Morgan fingerprint density at radius 2 is 2.03 bits per heavy atom. The number of rotatable bonds is 9. The summed E-state index contributed by atoms with van der Waals surface area (Å²) in [5.74, 6) is 2.77. The number of benzene rings is 2. The lowest BCUT2D eigenvalue weighted by molar-refractivity contribution is -0.136. The molecule has 0 aliphatic rings. The second kappa shape index (κ2) is 9.76. The van der Waals surface area contributed by atoms with Gasteiger partial charge in [0, 0.05) is 6.42 Å². The molecule has 2 aromatic carbocycles. The molecule has 148 valence electrons. The minimum atomic E-state index is -0.843. The van der Waals surface area contributed by atoms with Crippen LogP contribution in [0.1, 0.15) is 30.3 Å². The van der Waals surface area contributed by atoms with Crippen molar-refractivity contribution < 1.29 is 19.4 Å². The van der Waals surface area contributed by atoms with Gasteiger partial charge in [-0.25, -0.2) is 4.98 Å². The fraction of sp³-hybridized carbons (Fsp3) is 0.217. The van der Waals surface area contributed by atoms with Gasteiger partial charge in [0.2, 0.25) is 0 Å². The first-order valence-corrected chi connectivity index (χ1v) is 10.0. The molecule has 0 amide bonds. The zero-order valence-electron chi connectivity index (χ0n) is 16.1. The van der Waals surface area contributed by atoms with Crippen LogP contribution in [0.2, 0.25) is 0 Å². The van der Waals surface area contributed by atoms with Gasteiger partial charge in [-0.05, 0) is 54.8 Å². The van der Waals surface area contributed by atoms with Gasteiger partial charge in [-0.1, -0.05) is 24.1 Å². The zero-order valence-corrected chi connectivity index (χ0v) is 16.9. The Bertz CT molecular complexity index is 1040. The van der Waals surface area contributed by atoms with E-state index in [-0.39, 0.29) is 13.0 Å². The Kier molecular flexibility index (Phi) is 6.88. The monoisotopic (exact) mass is 407 g/mol. The van der Waals surface area contributed by atoms with Crippen LogP contribution >= 0.6 is 11.3 Å². The van der Waals surface area contributed by atoms with Crippen molar-refractivity contribution >= 4 is 39.2 Å². The normalized spacial score (nSPS) is 11.2. The number of terminal acetylenes is 1. The van der Waals surface area contributed by atoms with Gasteiger partial charge in [-0.15, -0.1) is 17.8 Å². The number of para-hydroxylation sites is 1. The maximum absolute atomic E-state index is 11.1. The Balaban J connectivity index is 1.99. The van der Waals surface area contributed by atoms with Crippen LogP contribution in [0, 0.1) is 12.3 Å². The average Bonchev–Trinajstić information content (AvgIpc) is 3.14. The molecule has 0 saturated heterocycles. The lowest BCUT2D eigenvalue weighted by Crippen LogP contribution is -1.99. The molecule has 5 nitrogen and oxygen atoms in total. The molecular formula is C23H21NO4S. The predicted molar refractivity (Wildman–Crippen MR) is 116 cm³/mol. The highest BCUT2D eigenvalue weighted by Gasteiger charge is 2.12. The van der Waals surface area contributed by atoms with E-state index >= 15 is 0 Å². The molecule has 1 N–H and O–H groups in total. The minimum Gasteiger partial charge on any atom is -0.490 e. The van der Waals surface area contributed by atoms with Gasteiger partial charge in [0.15, 0.2) is 11.5 Å². The minimum absolute atomic E-state index is 0.0312. The number of carbonyl (C=O) groups is 1. The maximum atomic E-state index is 11.1. The summed E-state index contributed by atoms with van der Waals surface area (Å²) in [7, 11) is 0. The van der Waals surface area contributed by atoms with Gasteiger partial charge in [0.1, 0.15) is 11.6 Å². The van der Waals surface area contributed by atoms with E-state index in [2.05, 4.69) is 10.9 Å². The smallest absolute Gasteiger partial charge is 0.303 e. The molecule has 0 aliphatic heterocycles. The van der Waals surface area contributed by atoms with Gasteiger partial charge < -0.3 is 14.6 Å². The fourth-order valence-electron chi connectivity index (χ4n) is 2.81. The number of ether oxygens (including phenoxy) is 2. The molecule has 0 saturated carbocycles. The first-order valence-electron chi connectivity index (χ1n) is 9.22. The van der Waals surface area contributed by atoms with E-state index in [0.29, 0.717) is 24.5 Å². The maximum Gasteiger partial charge on any atom is 0.303 e. The van der Waals surface area contributed by atoms with E-state index in [1.807, 2.05) is 49.4 Å². The number of carboxylic acids is 1. The topological polar surface area (TPSA) is 68.7 Å². The number of allylic oxidation sites excluding steroid dienone is 1. The summed E-state index contributed by atoms with van der Waals surface area (Å²) in [5, 5.41) is 9.97. The number of aromatic nitrogens is 1. The van der Waals surface area contributed by atoms with Crippen LogP contribution in [-0.2, 0) is 4.79 Å². The molecule has 0 fully saturated rings. The summed E-state index contributed by atoms with van der Waals surface area (Å²) in [4.78, 5) is 15.8. The SMILES string of the molecule is C#CCOc1ccc(/C=C(\CCC(=O)O)c2nc3ccccc3s2)cc1OCC. The van der Waals surface area contributed by atoms with Crippen molar-refractivity contribution in [2.24, 2.45) is 0 Å². The van der Waals surface area contributed by atoms with Crippen molar-refractivity contribution in [3.05, 3.63) is 53.0 Å². The fourth-order valence-corrected chi connectivity index (χ4v) is 3.82. The van der Waals surface area contributed by atoms with E-state index < -0.39 is 5.97 Å². The van der Waals surface area contributed by atoms with E-state index in [9.17, 15) is 4.79 Å². The Labute approximate surface area is 173 Å². The lowest BCUT2D eigenvalue weighted by Gasteiger charge is -2.11. The van der Waals surface area contributed by atoms with Crippen molar-refractivity contribution in [3.8, 4) is 23.8 Å². The molecule has 29 heavy (non-hydrogen) atoms. The summed E-state index contributed by atoms with van der Waals surface area (Å²) < 4.78 is 12.3. The van der Waals surface area contributed by atoms with E-state index in [0.717, 1.165) is 26.4 Å². The van der Waals surface area contributed by atoms with Crippen molar-refractivity contribution in [1.82, 2.24) is 4.98 Å². The van der Waals surface area contributed by atoms with Crippen LogP contribution in [0.5, 0.6) is 11.5 Å². The van der Waals surface area contributed by atoms with Gasteiger partial charge >= 0.3 is 5.97 Å². The third kappa shape index (κ3) is 5.37. The molecule has 3 rings (SSSR count). The molecule has 3 aromatic rings. The van der Waals surface area contributed by atoms with Crippen LogP contribution < -0.4 is 9.47 Å². The molecule has 1 heterocycles. The van der Waals surface area contributed by atoms with Crippen molar-refractivity contribution in [2.45, 2.75) is 19.8 Å². The molecule has 0 bridgehead atoms. The van der Waals surface area contributed by atoms with E-state index in [1.54, 1.807) is 17.4 Å². The predicted octanol–water partition coefficient (Wildman–Crippen LogP) is 5.11. The third-order valence-electron chi connectivity index (χ3n) is 4.10. The zero-order chi connectivity index (χ0) is 20.6. The summed E-state index contributed by atoms with van der Waals surface area (Å²) in [6.07, 6.45) is 7.64. The quantitative estimate of drug-likeness (QED) is 0.499. The number of nitrogens with zero attached hydrogens (tertiary/aromatic N) is 1. The standard InChI is InChI=1S/C23H21NO4S/c1-3-13-28-19-11-9-16(15-20(19)27-4-2)14-17(10-12-22(25)26)23-24-18-7-5-6-8-21(18)29-23/h1,5-9,11,14-15H,4,10,12-13H2,2H3,(H,25,26)/b17-14+. The molecular weight excluding hydrogens is 386 g/mol. The number of carboxylic acid groups (broad SMARTS) is 1. The molecule has 0 radical (unpaired) electrons. The van der Waals surface area contributed by atoms with Crippen LogP contribution in [0.15, 0.2) is 42.5 Å². The summed E-state index contributed by atoms with van der Waals surface area (Å²) in [5.41, 5.74) is 2.65. The van der Waals surface area contributed by atoms with Gasteiger partial charge in [-0.2, -0.15) is 0 Å². The molecule has 0 atom stereocenters. The van der Waals surface area contributed by atoms with Crippen molar-refractivity contribution in [2.75, 3.05) is 13.2 Å². The average molecular weight is 407 g/mol. The highest BCUT2D eigenvalue weighted by Crippen LogP contribution is 2.33. The largest absolute Gasteiger partial charge is 0.490 e. The molecule has 0 spiro atoms. The second-order valence-electron chi connectivity index (χ2n) is 6.18. The third-order valence-corrected chi connectivity index (χ3v) is 5.21. The Morgan fingerprint density at radius 1 is 1.21 bits per heavy atom. The molecule has 0 unspecified atom stereocenters. The van der Waals surface area contributed by atoms with Crippen LogP contribution in [-0.4, -0.2) is 29.3 Å². The highest BCUT2D eigenvalue weighted by molar-refractivity contribution is 7.19. The molecule has 0 aliphatic carbocycles. The van der Waals surface area contributed by atoms with Crippen LogP contribution in [0.25, 0.3) is 21.9 Å². The van der Waals surface area contributed by atoms with Gasteiger partial charge in [0.25, 0.3) is 0 Å². The Morgan fingerprint density at radius 3 is 2.76 bits per heavy atom. The van der Waals surface area contributed by atoms with Gasteiger partial charge in [0.05, 0.1) is 16.8 Å². The number of hydrogen-bond acceptors (Lipinski definition) is 5. The molecule has 1 aromatic heterocycles. The summed E-state index contributed by atoms with van der Waals surface area (Å²) in [6.45, 7) is 2.54. The number of thiazole rings is 1. The van der Waals surface area contributed by atoms with Crippen molar-refractivity contribution in [3.63, 3.8) is 0 Å². The number of aliphatic carboxylic acids is 1. The van der Waals surface area contributed by atoms with Gasteiger partial charge in [-0.3, -0.25) is 4.79 Å². The van der Waals surface area contributed by atoms with E-state index in [4.69, 9.17) is 21.0 Å². The summed E-state index contributed by atoms with van der Waals surface area (Å²) in [6, 6.07) is 13.4. The Hall–Kier alpha value is -3.30. The molecule has 6 heteroatoms. The first kappa shape index (κ1) is 20.4. The second-order valence-corrected chi connectivity index (χ2v) is 7.21.